The summed E-state index contributed by atoms with van der Waals surface area (Å²) >= 11 is 3.60. The maximum atomic E-state index is 13.2. The van der Waals surface area contributed by atoms with Crippen molar-refractivity contribution < 1.29 is 9.59 Å². The summed E-state index contributed by atoms with van der Waals surface area (Å²) in [7, 11) is 0. The molecule has 1 fully saturated rings. The summed E-state index contributed by atoms with van der Waals surface area (Å²) in [6.45, 7) is 2.80. The summed E-state index contributed by atoms with van der Waals surface area (Å²) in [5.41, 5.74) is 3.52. The maximum Gasteiger partial charge on any atom is 0.245 e. The van der Waals surface area contributed by atoms with Crippen LogP contribution in [0.4, 0.5) is 0 Å². The second-order valence-electron chi connectivity index (χ2n) is 7.48. The van der Waals surface area contributed by atoms with Crippen LogP contribution in [0.2, 0.25) is 0 Å². The van der Waals surface area contributed by atoms with Gasteiger partial charge in [-0.25, -0.2) is 0 Å². The van der Waals surface area contributed by atoms with Crippen molar-refractivity contribution >= 4 is 38.6 Å². The van der Waals surface area contributed by atoms with Crippen molar-refractivity contribution in [1.29, 1.82) is 0 Å². The zero-order valence-electron chi connectivity index (χ0n) is 15.0. The summed E-state index contributed by atoms with van der Waals surface area (Å²) in [6, 6.07) is 5.78. The van der Waals surface area contributed by atoms with Crippen molar-refractivity contribution in [3.63, 3.8) is 0 Å². The normalized spacial score (nSPS) is 18.8. The highest BCUT2D eigenvalue weighted by atomic mass is 79.9. The van der Waals surface area contributed by atoms with Gasteiger partial charge in [-0.3, -0.25) is 9.59 Å². The van der Waals surface area contributed by atoms with Crippen LogP contribution in [0, 0.1) is 5.92 Å². The van der Waals surface area contributed by atoms with Gasteiger partial charge in [-0.05, 0) is 40.8 Å². The van der Waals surface area contributed by atoms with Crippen LogP contribution in [0.25, 0.3) is 10.9 Å². The smallest absolute Gasteiger partial charge is 0.245 e. The number of H-pyrrole nitrogens is 1. The minimum absolute atomic E-state index is 0.0714. The van der Waals surface area contributed by atoms with E-state index in [-0.39, 0.29) is 23.8 Å². The lowest BCUT2D eigenvalue weighted by atomic mass is 9.95. The minimum Gasteiger partial charge on any atom is -0.357 e. The van der Waals surface area contributed by atoms with Crippen molar-refractivity contribution in [2.75, 3.05) is 6.54 Å². The Morgan fingerprint density at radius 1 is 1.31 bits per heavy atom. The van der Waals surface area contributed by atoms with Gasteiger partial charge in [-0.15, -0.1) is 0 Å². The molecule has 1 atom stereocenters. The number of nitrogens with zero attached hydrogens (tertiary/aromatic N) is 1. The van der Waals surface area contributed by atoms with Gasteiger partial charge in [0, 0.05) is 47.6 Å². The lowest BCUT2D eigenvalue weighted by molar-refractivity contribution is -0.138. The van der Waals surface area contributed by atoms with E-state index in [9.17, 15) is 9.59 Å². The van der Waals surface area contributed by atoms with Crippen LogP contribution >= 0.6 is 15.9 Å². The monoisotopic (exact) mass is 417 g/mol. The second kappa shape index (κ2) is 7.06. The maximum absolute atomic E-state index is 13.2. The Morgan fingerprint density at radius 2 is 2.08 bits per heavy atom. The number of fused-ring (bicyclic) bond motifs is 3. The zero-order chi connectivity index (χ0) is 18.3. The van der Waals surface area contributed by atoms with Crippen LogP contribution in [0.3, 0.4) is 0 Å². The minimum atomic E-state index is -0.381. The van der Waals surface area contributed by atoms with Gasteiger partial charge in [0.1, 0.15) is 6.04 Å². The summed E-state index contributed by atoms with van der Waals surface area (Å²) < 4.78 is 1.05. The molecule has 4 rings (SSSR count). The van der Waals surface area contributed by atoms with Crippen molar-refractivity contribution in [3.8, 4) is 0 Å². The van der Waals surface area contributed by atoms with E-state index in [4.69, 9.17) is 0 Å². The fourth-order valence-electron chi connectivity index (χ4n) is 4.48. The first-order valence-corrected chi connectivity index (χ1v) is 10.2. The van der Waals surface area contributed by atoms with Crippen LogP contribution in [0.5, 0.6) is 0 Å². The first-order chi connectivity index (χ1) is 12.5. The number of halogens is 1. The summed E-state index contributed by atoms with van der Waals surface area (Å²) in [5.74, 6) is 0.219. The molecule has 0 spiro atoms. The van der Waals surface area contributed by atoms with E-state index in [1.165, 1.54) is 23.6 Å². The van der Waals surface area contributed by atoms with Gasteiger partial charge in [0.05, 0.1) is 5.52 Å². The third-order valence-electron chi connectivity index (χ3n) is 5.77. The molecule has 6 heteroatoms. The van der Waals surface area contributed by atoms with E-state index in [1.807, 2.05) is 17.0 Å². The first-order valence-electron chi connectivity index (χ1n) is 9.38. The third-order valence-corrected chi connectivity index (χ3v) is 6.43. The predicted octanol–water partition coefficient (Wildman–Crippen LogP) is 3.51. The van der Waals surface area contributed by atoms with Crippen molar-refractivity contribution in [2.24, 2.45) is 5.92 Å². The molecule has 0 saturated heterocycles. The van der Waals surface area contributed by atoms with Gasteiger partial charge < -0.3 is 15.2 Å². The highest BCUT2D eigenvalue weighted by Crippen LogP contribution is 2.33. The SMILES string of the molecule is CC(=O)NC(C(=O)N1CCc2[nH]c3c(Br)cccc3c2C1)C1CCCC1. The average molecular weight is 418 g/mol. The van der Waals surface area contributed by atoms with Crippen molar-refractivity contribution in [3.05, 3.63) is 33.9 Å². The Labute approximate surface area is 161 Å². The molecule has 26 heavy (non-hydrogen) atoms. The van der Waals surface area contributed by atoms with E-state index in [2.05, 4.69) is 32.3 Å². The van der Waals surface area contributed by atoms with E-state index in [0.29, 0.717) is 13.1 Å². The number of amides is 2. The summed E-state index contributed by atoms with van der Waals surface area (Å²) in [5, 5.41) is 4.11. The molecule has 1 aliphatic heterocycles. The van der Waals surface area contributed by atoms with Crippen molar-refractivity contribution in [2.45, 2.75) is 51.6 Å². The Balaban J connectivity index is 1.60. The Kier molecular flexibility index (Phi) is 4.78. The molecule has 2 heterocycles. The molecule has 2 aliphatic rings. The molecule has 5 nitrogen and oxygen atoms in total. The molecule has 2 aromatic rings. The number of para-hydroxylation sites is 1. The largest absolute Gasteiger partial charge is 0.357 e. The van der Waals surface area contributed by atoms with Gasteiger partial charge in [0.25, 0.3) is 0 Å². The lowest BCUT2D eigenvalue weighted by Gasteiger charge is -2.33. The number of aromatic nitrogens is 1. The molecule has 1 aromatic heterocycles. The summed E-state index contributed by atoms with van der Waals surface area (Å²) in [6.07, 6.45) is 5.16. The molecule has 1 aromatic carbocycles. The van der Waals surface area contributed by atoms with E-state index < -0.39 is 0 Å². The van der Waals surface area contributed by atoms with Crippen LogP contribution in [-0.4, -0.2) is 34.3 Å². The standard InChI is InChI=1S/C20H24BrN3O2/c1-12(25)22-18(13-5-2-3-6-13)20(26)24-10-9-17-15(11-24)14-7-4-8-16(21)19(14)23-17/h4,7-8,13,18,23H,2-3,5-6,9-11H2,1H3,(H,22,25). The van der Waals surface area contributed by atoms with E-state index in [1.54, 1.807) is 0 Å². The Hall–Kier alpha value is -1.82. The topological polar surface area (TPSA) is 65.2 Å². The predicted molar refractivity (Wildman–Crippen MR) is 105 cm³/mol. The number of hydrogen-bond donors (Lipinski definition) is 2. The van der Waals surface area contributed by atoms with Gasteiger partial charge in [-0.1, -0.05) is 25.0 Å². The number of carbonyl (C=O) groups excluding carboxylic acids is 2. The van der Waals surface area contributed by atoms with Gasteiger partial charge in [-0.2, -0.15) is 0 Å². The van der Waals surface area contributed by atoms with E-state index >= 15 is 0 Å². The number of benzene rings is 1. The van der Waals surface area contributed by atoms with Crippen molar-refractivity contribution in [1.82, 2.24) is 15.2 Å². The van der Waals surface area contributed by atoms with Gasteiger partial charge in [0.15, 0.2) is 0 Å². The molecular formula is C20H24BrN3O2. The molecule has 0 bridgehead atoms. The number of aromatic amines is 1. The third kappa shape index (κ3) is 3.15. The Bertz CT molecular complexity index is 854. The van der Waals surface area contributed by atoms with Gasteiger partial charge in [0.2, 0.25) is 11.8 Å². The van der Waals surface area contributed by atoms with Gasteiger partial charge >= 0.3 is 0 Å². The van der Waals surface area contributed by atoms with Crippen LogP contribution in [-0.2, 0) is 22.6 Å². The van der Waals surface area contributed by atoms with Crippen LogP contribution in [0.1, 0.15) is 43.9 Å². The number of carbonyl (C=O) groups is 2. The second-order valence-corrected chi connectivity index (χ2v) is 8.33. The van der Waals surface area contributed by atoms with E-state index in [0.717, 1.165) is 42.1 Å². The molecular weight excluding hydrogens is 394 g/mol. The number of nitrogens with one attached hydrogen (secondary N) is 2. The zero-order valence-corrected chi connectivity index (χ0v) is 16.6. The highest BCUT2D eigenvalue weighted by molar-refractivity contribution is 9.10. The number of hydrogen-bond acceptors (Lipinski definition) is 2. The highest BCUT2D eigenvalue weighted by Gasteiger charge is 2.35. The fourth-order valence-corrected chi connectivity index (χ4v) is 4.94. The molecule has 1 aliphatic carbocycles. The molecule has 1 unspecified atom stereocenters. The fraction of sp³-hybridized carbons (Fsp3) is 0.500. The van der Waals surface area contributed by atoms with Crippen LogP contribution < -0.4 is 5.32 Å². The Morgan fingerprint density at radius 3 is 2.81 bits per heavy atom. The first kappa shape index (κ1) is 17.6. The summed E-state index contributed by atoms with van der Waals surface area (Å²) in [4.78, 5) is 30.4. The quantitative estimate of drug-likeness (QED) is 0.802. The molecule has 2 amide bonds. The number of rotatable bonds is 3. The van der Waals surface area contributed by atoms with Crippen LogP contribution in [0.15, 0.2) is 22.7 Å². The molecule has 138 valence electrons. The molecule has 0 radical (unpaired) electrons. The average Bonchev–Trinajstić information content (AvgIpc) is 3.27. The molecule has 1 saturated carbocycles. The lowest BCUT2D eigenvalue weighted by Crippen LogP contribution is -2.52. The molecule has 2 N–H and O–H groups in total.